The largest absolute Gasteiger partial charge is 0.354 e. The van der Waals surface area contributed by atoms with Crippen LogP contribution >= 0.6 is 0 Å². The van der Waals surface area contributed by atoms with E-state index in [0.717, 1.165) is 12.8 Å². The van der Waals surface area contributed by atoms with Crippen LogP contribution in [0.2, 0.25) is 0 Å². The molecule has 0 amide bonds. The average Bonchev–Trinajstić information content (AvgIpc) is 2.61. The SMILES string of the molecule is CCCCCC1NC(C#N)=C(C#N)N1. The average molecular weight is 190 g/mol. The lowest BCUT2D eigenvalue weighted by atomic mass is 10.2. The lowest BCUT2D eigenvalue weighted by molar-refractivity contribution is 0.488. The van der Waals surface area contributed by atoms with E-state index < -0.39 is 0 Å². The summed E-state index contributed by atoms with van der Waals surface area (Å²) in [7, 11) is 0. The van der Waals surface area contributed by atoms with Gasteiger partial charge >= 0.3 is 0 Å². The molecule has 0 aromatic rings. The van der Waals surface area contributed by atoms with Gasteiger partial charge in [-0.2, -0.15) is 10.5 Å². The van der Waals surface area contributed by atoms with E-state index in [1.54, 1.807) is 0 Å². The summed E-state index contributed by atoms with van der Waals surface area (Å²) in [5.41, 5.74) is 0.739. The van der Waals surface area contributed by atoms with Gasteiger partial charge in [-0.15, -0.1) is 0 Å². The molecular formula is C10H14N4. The molecule has 0 aliphatic carbocycles. The van der Waals surface area contributed by atoms with E-state index >= 15 is 0 Å². The molecule has 2 N–H and O–H groups in total. The highest BCUT2D eigenvalue weighted by Gasteiger charge is 2.21. The second kappa shape index (κ2) is 5.14. The van der Waals surface area contributed by atoms with Crippen molar-refractivity contribution in [1.29, 1.82) is 10.5 Å². The Labute approximate surface area is 84.2 Å². The first-order chi connectivity index (χ1) is 6.81. The van der Waals surface area contributed by atoms with Crippen LogP contribution in [0.3, 0.4) is 0 Å². The van der Waals surface area contributed by atoms with Crippen LogP contribution in [0.15, 0.2) is 11.4 Å². The van der Waals surface area contributed by atoms with Gasteiger partial charge in [0.05, 0.1) is 6.17 Å². The zero-order chi connectivity index (χ0) is 10.4. The zero-order valence-corrected chi connectivity index (χ0v) is 8.30. The predicted molar refractivity (Wildman–Crippen MR) is 52.5 cm³/mol. The Bertz CT molecular complexity index is 279. The summed E-state index contributed by atoms with van der Waals surface area (Å²) < 4.78 is 0. The highest BCUT2D eigenvalue weighted by molar-refractivity contribution is 5.38. The predicted octanol–water partition coefficient (Wildman–Crippen LogP) is 1.34. The molecule has 0 bridgehead atoms. The third kappa shape index (κ3) is 2.40. The van der Waals surface area contributed by atoms with E-state index in [9.17, 15) is 0 Å². The standard InChI is InChI=1S/C10H14N4/c1-2-3-4-5-10-13-8(6-11)9(7-12)14-10/h10,13-14H,2-5H2,1H3. The molecule has 0 atom stereocenters. The number of rotatable bonds is 4. The number of nitrogens with zero attached hydrogens (tertiary/aromatic N) is 2. The lowest BCUT2D eigenvalue weighted by Crippen LogP contribution is -2.32. The Morgan fingerprint density at radius 3 is 2.14 bits per heavy atom. The van der Waals surface area contributed by atoms with Gasteiger partial charge in [0.15, 0.2) is 0 Å². The molecule has 1 aliphatic heterocycles. The van der Waals surface area contributed by atoms with Crippen LogP contribution in [-0.2, 0) is 0 Å². The van der Waals surface area contributed by atoms with Crippen molar-refractivity contribution in [2.45, 2.75) is 38.8 Å². The van der Waals surface area contributed by atoms with Crippen LogP contribution in [0.5, 0.6) is 0 Å². The summed E-state index contributed by atoms with van der Waals surface area (Å²) in [5, 5.41) is 23.4. The number of unbranched alkanes of at least 4 members (excludes halogenated alkanes) is 2. The van der Waals surface area contributed by atoms with Gasteiger partial charge in [0.25, 0.3) is 0 Å². The summed E-state index contributed by atoms with van der Waals surface area (Å²) in [5.74, 6) is 0. The summed E-state index contributed by atoms with van der Waals surface area (Å²) in [6, 6.07) is 3.94. The minimum absolute atomic E-state index is 0.0610. The van der Waals surface area contributed by atoms with Crippen molar-refractivity contribution in [3.63, 3.8) is 0 Å². The molecule has 74 valence electrons. The molecule has 0 saturated carbocycles. The molecule has 0 spiro atoms. The molecule has 0 aromatic carbocycles. The first-order valence-corrected chi connectivity index (χ1v) is 4.89. The van der Waals surface area contributed by atoms with Crippen LogP contribution in [0.4, 0.5) is 0 Å². The number of hydrogen-bond acceptors (Lipinski definition) is 4. The van der Waals surface area contributed by atoms with E-state index in [2.05, 4.69) is 17.6 Å². The molecule has 14 heavy (non-hydrogen) atoms. The van der Waals surface area contributed by atoms with Gasteiger partial charge < -0.3 is 10.6 Å². The lowest BCUT2D eigenvalue weighted by Gasteiger charge is -2.11. The maximum atomic E-state index is 8.70. The van der Waals surface area contributed by atoms with Gasteiger partial charge in [-0.05, 0) is 12.8 Å². The van der Waals surface area contributed by atoms with Crippen molar-refractivity contribution < 1.29 is 0 Å². The summed E-state index contributed by atoms with van der Waals surface area (Å²) >= 11 is 0. The smallest absolute Gasteiger partial charge is 0.149 e. The maximum absolute atomic E-state index is 8.70. The maximum Gasteiger partial charge on any atom is 0.149 e. The zero-order valence-electron chi connectivity index (χ0n) is 8.30. The molecule has 4 nitrogen and oxygen atoms in total. The fourth-order valence-corrected chi connectivity index (χ4v) is 1.45. The number of allylic oxidation sites excluding steroid dienone is 2. The van der Waals surface area contributed by atoms with E-state index in [1.807, 2.05) is 12.1 Å². The first kappa shape index (κ1) is 10.4. The normalized spacial score (nSPS) is 15.6. The highest BCUT2D eigenvalue weighted by Crippen LogP contribution is 2.11. The molecule has 0 radical (unpaired) electrons. The van der Waals surface area contributed by atoms with Crippen LogP contribution in [0, 0.1) is 22.7 Å². The van der Waals surface area contributed by atoms with E-state index in [-0.39, 0.29) is 6.17 Å². The van der Waals surface area contributed by atoms with Gasteiger partial charge in [0.2, 0.25) is 0 Å². The fourth-order valence-electron chi connectivity index (χ4n) is 1.45. The van der Waals surface area contributed by atoms with Crippen molar-refractivity contribution in [1.82, 2.24) is 10.6 Å². The first-order valence-electron chi connectivity index (χ1n) is 4.89. The fraction of sp³-hybridized carbons (Fsp3) is 0.600. The Balaban J connectivity index is 2.38. The highest BCUT2D eigenvalue weighted by atomic mass is 15.2. The van der Waals surface area contributed by atoms with Crippen LogP contribution in [-0.4, -0.2) is 6.17 Å². The van der Waals surface area contributed by atoms with Gasteiger partial charge in [-0.25, -0.2) is 0 Å². The molecular weight excluding hydrogens is 176 g/mol. The van der Waals surface area contributed by atoms with Gasteiger partial charge in [-0.1, -0.05) is 19.8 Å². The Kier molecular flexibility index (Phi) is 3.82. The summed E-state index contributed by atoms with van der Waals surface area (Å²) in [4.78, 5) is 0. The Hall–Kier alpha value is -1.68. The molecule has 4 heteroatoms. The van der Waals surface area contributed by atoms with Gasteiger partial charge in [0.1, 0.15) is 23.5 Å². The molecule has 1 aliphatic rings. The molecule has 0 unspecified atom stereocenters. The minimum atomic E-state index is 0.0610. The summed E-state index contributed by atoms with van der Waals surface area (Å²) in [6.07, 6.45) is 4.48. The quantitative estimate of drug-likeness (QED) is 0.656. The summed E-state index contributed by atoms with van der Waals surface area (Å²) in [6.45, 7) is 2.15. The van der Waals surface area contributed by atoms with E-state index in [0.29, 0.717) is 11.4 Å². The van der Waals surface area contributed by atoms with Crippen molar-refractivity contribution in [2.24, 2.45) is 0 Å². The van der Waals surface area contributed by atoms with Crippen molar-refractivity contribution in [2.75, 3.05) is 0 Å². The second-order valence-corrected chi connectivity index (χ2v) is 3.31. The van der Waals surface area contributed by atoms with Crippen molar-refractivity contribution >= 4 is 0 Å². The Morgan fingerprint density at radius 1 is 1.14 bits per heavy atom. The molecule has 1 rings (SSSR count). The molecule has 0 aromatic heterocycles. The Morgan fingerprint density at radius 2 is 1.71 bits per heavy atom. The number of nitriles is 2. The van der Waals surface area contributed by atoms with Crippen molar-refractivity contribution in [3.8, 4) is 12.1 Å². The van der Waals surface area contributed by atoms with Crippen LogP contribution in [0.1, 0.15) is 32.6 Å². The van der Waals surface area contributed by atoms with Gasteiger partial charge in [0, 0.05) is 0 Å². The van der Waals surface area contributed by atoms with E-state index in [1.165, 1.54) is 12.8 Å². The van der Waals surface area contributed by atoms with Crippen LogP contribution < -0.4 is 10.6 Å². The van der Waals surface area contributed by atoms with Crippen molar-refractivity contribution in [3.05, 3.63) is 11.4 Å². The topological polar surface area (TPSA) is 71.6 Å². The molecule has 0 fully saturated rings. The molecule has 0 saturated heterocycles. The monoisotopic (exact) mass is 190 g/mol. The molecule has 1 heterocycles. The number of hydrogen-bond donors (Lipinski definition) is 2. The minimum Gasteiger partial charge on any atom is -0.354 e. The van der Waals surface area contributed by atoms with Crippen LogP contribution in [0.25, 0.3) is 0 Å². The van der Waals surface area contributed by atoms with E-state index in [4.69, 9.17) is 10.5 Å². The van der Waals surface area contributed by atoms with Gasteiger partial charge in [-0.3, -0.25) is 0 Å². The number of nitrogens with one attached hydrogen (secondary N) is 2. The second-order valence-electron chi connectivity index (χ2n) is 3.31. The third-order valence-corrected chi connectivity index (χ3v) is 2.21. The third-order valence-electron chi connectivity index (χ3n) is 2.21.